The first kappa shape index (κ1) is 18.9. The maximum Gasteiger partial charge on any atom is 0.328 e. The van der Waals surface area contributed by atoms with Crippen LogP contribution in [0.25, 0.3) is 0 Å². The maximum atomic E-state index is 13.0. The highest BCUT2D eigenvalue weighted by molar-refractivity contribution is 5.91. The molecular formula is C17H21FN2O5. The monoisotopic (exact) mass is 352 g/mol. The molecule has 1 heterocycles. The Morgan fingerprint density at radius 1 is 1.36 bits per heavy atom. The molecule has 0 radical (unpaired) electrons. The summed E-state index contributed by atoms with van der Waals surface area (Å²) < 4.78 is 17.7. The molecule has 1 aromatic rings. The fourth-order valence-corrected chi connectivity index (χ4v) is 2.87. The zero-order valence-corrected chi connectivity index (χ0v) is 14.1. The van der Waals surface area contributed by atoms with E-state index in [0.717, 1.165) is 0 Å². The van der Waals surface area contributed by atoms with Crippen LogP contribution in [0, 0.1) is 5.82 Å². The average molecular weight is 352 g/mol. The Morgan fingerprint density at radius 2 is 2.00 bits per heavy atom. The molecular weight excluding hydrogens is 331 g/mol. The Kier molecular flexibility index (Phi) is 6.08. The summed E-state index contributed by atoms with van der Waals surface area (Å²) in [5, 5.41) is 12.3. The van der Waals surface area contributed by atoms with Gasteiger partial charge in [-0.2, -0.15) is 0 Å². The number of carbonyl (C=O) groups excluding carboxylic acids is 3. The van der Waals surface area contributed by atoms with Gasteiger partial charge in [0, 0.05) is 26.3 Å². The molecule has 25 heavy (non-hydrogen) atoms. The highest BCUT2D eigenvalue weighted by atomic mass is 19.1. The normalized spacial score (nSPS) is 20.9. The number of aliphatic hydroxyl groups is 1. The molecule has 136 valence electrons. The average Bonchev–Trinajstić information content (AvgIpc) is 2.97. The van der Waals surface area contributed by atoms with Crippen molar-refractivity contribution in [1.29, 1.82) is 0 Å². The summed E-state index contributed by atoms with van der Waals surface area (Å²) in [5.74, 6) is -1.92. The molecule has 2 rings (SSSR count). The van der Waals surface area contributed by atoms with Crippen molar-refractivity contribution in [3.05, 3.63) is 35.6 Å². The minimum absolute atomic E-state index is 0.0777. The van der Waals surface area contributed by atoms with Crippen molar-refractivity contribution in [2.45, 2.75) is 38.0 Å². The van der Waals surface area contributed by atoms with E-state index in [4.69, 9.17) is 4.74 Å². The number of carbonyl (C=O) groups is 3. The van der Waals surface area contributed by atoms with Crippen LogP contribution in [-0.2, 0) is 25.5 Å². The van der Waals surface area contributed by atoms with Crippen LogP contribution in [0.2, 0.25) is 0 Å². The fourth-order valence-electron chi connectivity index (χ4n) is 2.87. The van der Waals surface area contributed by atoms with E-state index >= 15 is 0 Å². The van der Waals surface area contributed by atoms with Crippen molar-refractivity contribution in [2.75, 3.05) is 13.7 Å². The van der Waals surface area contributed by atoms with E-state index < -0.39 is 35.9 Å². The number of hydrogen-bond acceptors (Lipinski definition) is 5. The Labute approximate surface area is 144 Å². The SMILES string of the molecule is COC(=O)[C@@H](Cc1ccc(F)cc1)NC(=O)[C@@H]1C[C@@H](O)CN1C(C)=O. The number of amides is 2. The minimum atomic E-state index is -0.977. The number of esters is 1. The van der Waals surface area contributed by atoms with E-state index in [9.17, 15) is 23.9 Å². The third kappa shape index (κ3) is 4.76. The Morgan fingerprint density at radius 3 is 2.56 bits per heavy atom. The number of methoxy groups -OCH3 is 1. The van der Waals surface area contributed by atoms with E-state index in [2.05, 4.69) is 5.32 Å². The highest BCUT2D eigenvalue weighted by Crippen LogP contribution is 2.18. The first-order valence-electron chi connectivity index (χ1n) is 7.89. The molecule has 2 amide bonds. The van der Waals surface area contributed by atoms with Crippen LogP contribution in [0.3, 0.4) is 0 Å². The van der Waals surface area contributed by atoms with Crippen LogP contribution < -0.4 is 5.32 Å². The van der Waals surface area contributed by atoms with Crippen molar-refractivity contribution in [3.8, 4) is 0 Å². The Balaban J connectivity index is 2.10. The number of rotatable bonds is 5. The lowest BCUT2D eigenvalue weighted by Gasteiger charge is -2.24. The molecule has 1 saturated heterocycles. The molecule has 0 saturated carbocycles. The second-order valence-electron chi connectivity index (χ2n) is 5.99. The van der Waals surface area contributed by atoms with Gasteiger partial charge in [0.05, 0.1) is 13.2 Å². The summed E-state index contributed by atoms with van der Waals surface area (Å²) in [6.07, 6.45) is -0.558. The minimum Gasteiger partial charge on any atom is -0.467 e. The zero-order chi connectivity index (χ0) is 18.6. The summed E-state index contributed by atoms with van der Waals surface area (Å²) in [6, 6.07) is 3.73. The third-order valence-electron chi connectivity index (χ3n) is 4.14. The van der Waals surface area contributed by atoms with Gasteiger partial charge in [0.15, 0.2) is 0 Å². The van der Waals surface area contributed by atoms with Gasteiger partial charge in [-0.25, -0.2) is 9.18 Å². The Hall–Kier alpha value is -2.48. The quantitative estimate of drug-likeness (QED) is 0.728. The van der Waals surface area contributed by atoms with Crippen molar-refractivity contribution in [1.82, 2.24) is 10.2 Å². The van der Waals surface area contributed by atoms with Gasteiger partial charge >= 0.3 is 5.97 Å². The van der Waals surface area contributed by atoms with Crippen LogP contribution in [0.15, 0.2) is 24.3 Å². The molecule has 2 N–H and O–H groups in total. The van der Waals surface area contributed by atoms with Crippen molar-refractivity contribution in [3.63, 3.8) is 0 Å². The fraction of sp³-hybridized carbons (Fsp3) is 0.471. The molecule has 0 aliphatic carbocycles. The number of likely N-dealkylation sites (tertiary alicyclic amines) is 1. The molecule has 0 aromatic heterocycles. The standard InChI is InChI=1S/C17H21FN2O5/c1-10(21)20-9-13(22)8-15(20)16(23)19-14(17(24)25-2)7-11-3-5-12(18)6-4-11/h3-6,13-15,22H,7-9H2,1-2H3,(H,19,23)/t13-,14-,15+/m1/s1. The van der Waals surface area contributed by atoms with Gasteiger partial charge in [-0.15, -0.1) is 0 Å². The largest absolute Gasteiger partial charge is 0.467 e. The van der Waals surface area contributed by atoms with E-state index in [1.165, 1.54) is 43.2 Å². The third-order valence-corrected chi connectivity index (χ3v) is 4.14. The lowest BCUT2D eigenvalue weighted by Crippen LogP contribution is -2.51. The summed E-state index contributed by atoms with van der Waals surface area (Å²) in [7, 11) is 1.20. The number of β-amino-alcohol motifs (C(OH)–C–C–N with tert-alkyl or cyclic N) is 1. The summed E-state index contributed by atoms with van der Waals surface area (Å²) in [5.41, 5.74) is 0.645. The lowest BCUT2D eigenvalue weighted by molar-refractivity contribution is -0.146. The van der Waals surface area contributed by atoms with Gasteiger partial charge in [0.25, 0.3) is 0 Å². The predicted octanol–water partition coefficient (Wildman–Crippen LogP) is 0.00770. The van der Waals surface area contributed by atoms with E-state index in [1.807, 2.05) is 0 Å². The molecule has 3 atom stereocenters. The maximum absolute atomic E-state index is 13.0. The first-order chi connectivity index (χ1) is 11.8. The number of halogens is 1. The zero-order valence-electron chi connectivity index (χ0n) is 14.1. The number of hydrogen-bond donors (Lipinski definition) is 2. The second-order valence-corrected chi connectivity index (χ2v) is 5.99. The van der Waals surface area contributed by atoms with E-state index in [0.29, 0.717) is 5.56 Å². The highest BCUT2D eigenvalue weighted by Gasteiger charge is 2.38. The number of benzene rings is 1. The Bertz CT molecular complexity index is 649. The van der Waals surface area contributed by atoms with Crippen LogP contribution in [0.4, 0.5) is 4.39 Å². The van der Waals surface area contributed by atoms with Crippen molar-refractivity contribution in [2.24, 2.45) is 0 Å². The molecule has 7 nitrogen and oxygen atoms in total. The number of nitrogens with one attached hydrogen (secondary N) is 1. The van der Waals surface area contributed by atoms with Crippen LogP contribution in [0.1, 0.15) is 18.9 Å². The molecule has 1 aromatic carbocycles. The molecule has 1 fully saturated rings. The molecule has 0 spiro atoms. The first-order valence-corrected chi connectivity index (χ1v) is 7.89. The van der Waals surface area contributed by atoms with Gasteiger partial charge < -0.3 is 20.1 Å². The lowest BCUT2D eigenvalue weighted by atomic mass is 10.0. The summed E-state index contributed by atoms with van der Waals surface area (Å²) in [6.45, 7) is 1.39. The van der Waals surface area contributed by atoms with Gasteiger partial charge in [0.1, 0.15) is 17.9 Å². The smallest absolute Gasteiger partial charge is 0.328 e. The number of aliphatic hydroxyl groups excluding tert-OH is 1. The van der Waals surface area contributed by atoms with Crippen LogP contribution in [0.5, 0.6) is 0 Å². The molecule has 8 heteroatoms. The molecule has 1 aliphatic rings. The van der Waals surface area contributed by atoms with Crippen molar-refractivity contribution < 1.29 is 28.6 Å². The van der Waals surface area contributed by atoms with Crippen molar-refractivity contribution >= 4 is 17.8 Å². The van der Waals surface area contributed by atoms with E-state index in [1.54, 1.807) is 0 Å². The summed E-state index contributed by atoms with van der Waals surface area (Å²) >= 11 is 0. The van der Waals surface area contributed by atoms with E-state index in [-0.39, 0.29) is 25.3 Å². The van der Waals surface area contributed by atoms with Gasteiger partial charge in [-0.3, -0.25) is 9.59 Å². The molecule has 0 bridgehead atoms. The second kappa shape index (κ2) is 8.06. The van der Waals surface area contributed by atoms with Crippen LogP contribution >= 0.6 is 0 Å². The molecule has 0 unspecified atom stereocenters. The number of nitrogens with zero attached hydrogens (tertiary/aromatic N) is 1. The predicted molar refractivity (Wildman–Crippen MR) is 85.8 cm³/mol. The van der Waals surface area contributed by atoms with Gasteiger partial charge in [-0.05, 0) is 17.7 Å². The van der Waals surface area contributed by atoms with Crippen LogP contribution in [-0.4, -0.2) is 59.6 Å². The number of ether oxygens (including phenoxy) is 1. The summed E-state index contributed by atoms with van der Waals surface area (Å²) in [4.78, 5) is 37.4. The molecule has 1 aliphatic heterocycles. The topological polar surface area (TPSA) is 95.9 Å². The van der Waals surface area contributed by atoms with Gasteiger partial charge in [0.2, 0.25) is 11.8 Å². The van der Waals surface area contributed by atoms with Gasteiger partial charge in [-0.1, -0.05) is 12.1 Å².